The predicted octanol–water partition coefficient (Wildman–Crippen LogP) is 2.62. The number of methoxy groups -OCH3 is 1. The van der Waals surface area contributed by atoms with Crippen molar-refractivity contribution in [2.24, 2.45) is 14.1 Å². The van der Waals surface area contributed by atoms with E-state index in [0.717, 1.165) is 28.1 Å². The standard InChI is InChI=1S/C27H30N6O4S/c1-30-13-23(28-18-30)14-32-15-24(12-22-11-21(9-10-25(22)32)20-7-5-4-6-8-20)33(17-27(34)37-3)38(35,36)26-16-31(2)19-29-26/h4-11,13,16,18-19,24H,12,14-15,17H2,1-3H3. The van der Waals surface area contributed by atoms with Crippen LogP contribution in [0.2, 0.25) is 0 Å². The van der Waals surface area contributed by atoms with E-state index >= 15 is 0 Å². The van der Waals surface area contributed by atoms with E-state index in [1.54, 1.807) is 17.9 Å². The van der Waals surface area contributed by atoms with Crippen molar-refractivity contribution in [1.29, 1.82) is 0 Å². The zero-order valence-electron chi connectivity index (χ0n) is 21.6. The molecule has 4 aromatic rings. The molecule has 2 aromatic carbocycles. The zero-order chi connectivity index (χ0) is 26.9. The number of nitrogens with zero attached hydrogens (tertiary/aromatic N) is 6. The van der Waals surface area contributed by atoms with Crippen molar-refractivity contribution in [1.82, 2.24) is 23.4 Å². The molecule has 11 heteroatoms. The highest BCUT2D eigenvalue weighted by molar-refractivity contribution is 7.89. The van der Waals surface area contributed by atoms with Gasteiger partial charge in [0, 0.05) is 44.8 Å². The number of sulfonamides is 1. The Kier molecular flexibility index (Phi) is 7.04. The van der Waals surface area contributed by atoms with Crippen molar-refractivity contribution in [3.63, 3.8) is 0 Å². The summed E-state index contributed by atoms with van der Waals surface area (Å²) >= 11 is 0. The number of fused-ring (bicyclic) bond motifs is 1. The molecule has 0 bridgehead atoms. The van der Waals surface area contributed by atoms with E-state index in [-0.39, 0.29) is 5.03 Å². The molecule has 5 rings (SSSR count). The normalized spacial score (nSPS) is 15.5. The number of aryl methyl sites for hydroxylation is 2. The Hall–Kier alpha value is -3.96. The number of benzene rings is 2. The smallest absolute Gasteiger partial charge is 0.321 e. The Morgan fingerprint density at radius 2 is 1.76 bits per heavy atom. The van der Waals surface area contributed by atoms with Crippen molar-refractivity contribution < 1.29 is 17.9 Å². The van der Waals surface area contributed by atoms with Crippen molar-refractivity contribution in [3.05, 3.63) is 84.8 Å². The van der Waals surface area contributed by atoms with Gasteiger partial charge in [-0.25, -0.2) is 18.4 Å². The quantitative estimate of drug-likeness (QED) is 0.320. The van der Waals surface area contributed by atoms with Gasteiger partial charge in [0.25, 0.3) is 10.0 Å². The topological polar surface area (TPSA) is 103 Å². The number of carbonyl (C=O) groups is 1. The average Bonchev–Trinajstić information content (AvgIpc) is 3.55. The summed E-state index contributed by atoms with van der Waals surface area (Å²) in [6.07, 6.45) is 6.98. The summed E-state index contributed by atoms with van der Waals surface area (Å²) in [5.74, 6) is -0.635. The van der Waals surface area contributed by atoms with Crippen LogP contribution >= 0.6 is 0 Å². The van der Waals surface area contributed by atoms with Crippen LogP contribution in [0.25, 0.3) is 11.1 Å². The maximum Gasteiger partial charge on any atom is 0.321 e. The molecule has 198 valence electrons. The van der Waals surface area contributed by atoms with Crippen molar-refractivity contribution >= 4 is 21.7 Å². The zero-order valence-corrected chi connectivity index (χ0v) is 22.4. The van der Waals surface area contributed by atoms with Crippen LogP contribution in [0, 0.1) is 0 Å². The predicted molar refractivity (Wildman–Crippen MR) is 143 cm³/mol. The van der Waals surface area contributed by atoms with Gasteiger partial charge in [-0.3, -0.25) is 4.79 Å². The van der Waals surface area contributed by atoms with Gasteiger partial charge in [0.05, 0.1) is 32.0 Å². The SMILES string of the molecule is COC(=O)CN(C1Cc2cc(-c3ccccc3)ccc2N(Cc2cn(C)cn2)C1)S(=O)(=O)c1cn(C)cn1. The largest absolute Gasteiger partial charge is 0.468 e. The summed E-state index contributed by atoms with van der Waals surface area (Å²) in [6.45, 7) is 0.452. The first-order chi connectivity index (χ1) is 18.2. The molecule has 10 nitrogen and oxygen atoms in total. The Balaban J connectivity index is 1.57. The molecular formula is C27H30N6O4S. The first-order valence-corrected chi connectivity index (χ1v) is 13.7. The number of imidazole rings is 2. The summed E-state index contributed by atoms with van der Waals surface area (Å²) in [6, 6.07) is 15.8. The lowest BCUT2D eigenvalue weighted by atomic mass is 9.93. The van der Waals surface area contributed by atoms with Gasteiger partial charge >= 0.3 is 5.97 Å². The maximum atomic E-state index is 13.8. The Morgan fingerprint density at radius 3 is 2.42 bits per heavy atom. The number of rotatable bonds is 8. The highest BCUT2D eigenvalue weighted by Gasteiger charge is 2.39. The van der Waals surface area contributed by atoms with Gasteiger partial charge < -0.3 is 18.8 Å². The van der Waals surface area contributed by atoms with Crippen molar-refractivity contribution in [3.8, 4) is 11.1 Å². The summed E-state index contributed by atoms with van der Waals surface area (Å²) in [5, 5.41) is -0.107. The minimum atomic E-state index is -4.09. The lowest BCUT2D eigenvalue weighted by Crippen LogP contribution is -2.52. The number of aromatic nitrogens is 4. The van der Waals surface area contributed by atoms with Gasteiger partial charge in [0.2, 0.25) is 0 Å². The van der Waals surface area contributed by atoms with Crippen LogP contribution in [0.3, 0.4) is 0 Å². The third-order valence-corrected chi connectivity index (χ3v) is 8.48. The average molecular weight is 535 g/mol. The van der Waals surface area contributed by atoms with Gasteiger partial charge in [-0.2, -0.15) is 4.31 Å². The van der Waals surface area contributed by atoms with Crippen LogP contribution in [0.1, 0.15) is 11.3 Å². The number of ether oxygens (including phenoxy) is 1. The first kappa shape index (κ1) is 25.7. The fraction of sp³-hybridized carbons (Fsp3) is 0.296. The molecule has 1 aliphatic rings. The van der Waals surface area contributed by atoms with Crippen LogP contribution in [-0.4, -0.2) is 64.0 Å². The number of hydrogen-bond donors (Lipinski definition) is 0. The first-order valence-electron chi connectivity index (χ1n) is 12.2. The summed E-state index contributed by atoms with van der Waals surface area (Å²) < 4.78 is 37.1. The molecular weight excluding hydrogens is 504 g/mol. The molecule has 0 N–H and O–H groups in total. The Labute approximate surface area is 222 Å². The van der Waals surface area contributed by atoms with E-state index in [9.17, 15) is 13.2 Å². The molecule has 0 amide bonds. The van der Waals surface area contributed by atoms with E-state index in [2.05, 4.69) is 33.1 Å². The molecule has 1 aliphatic heterocycles. The van der Waals surface area contributed by atoms with E-state index in [1.807, 2.05) is 48.1 Å². The van der Waals surface area contributed by atoms with Crippen LogP contribution in [0.15, 0.2) is 78.6 Å². The van der Waals surface area contributed by atoms with E-state index < -0.39 is 28.6 Å². The molecule has 0 fully saturated rings. The van der Waals surface area contributed by atoms with E-state index in [4.69, 9.17) is 4.74 Å². The lowest BCUT2D eigenvalue weighted by Gasteiger charge is -2.40. The number of anilines is 1. The molecule has 0 saturated heterocycles. The van der Waals surface area contributed by atoms with Crippen LogP contribution in [0.4, 0.5) is 5.69 Å². The Bertz CT molecular complexity index is 1550. The fourth-order valence-electron chi connectivity index (χ4n) is 4.87. The maximum absolute atomic E-state index is 13.8. The highest BCUT2D eigenvalue weighted by Crippen LogP contribution is 2.35. The fourth-order valence-corrected chi connectivity index (χ4v) is 6.40. The van der Waals surface area contributed by atoms with Gasteiger partial charge in [-0.15, -0.1) is 0 Å². The third-order valence-electron chi connectivity index (χ3n) is 6.70. The molecule has 1 atom stereocenters. The van der Waals surface area contributed by atoms with Gasteiger partial charge in [-0.05, 0) is 35.2 Å². The van der Waals surface area contributed by atoms with Crippen molar-refractivity contribution in [2.75, 3.05) is 25.1 Å². The number of hydrogen-bond acceptors (Lipinski definition) is 7. The van der Waals surface area contributed by atoms with Crippen molar-refractivity contribution in [2.45, 2.75) is 24.0 Å². The second-order valence-corrected chi connectivity index (χ2v) is 11.3. The molecule has 38 heavy (non-hydrogen) atoms. The van der Waals surface area contributed by atoms with E-state index in [0.29, 0.717) is 19.5 Å². The van der Waals surface area contributed by atoms with Gasteiger partial charge in [0.1, 0.15) is 6.54 Å². The van der Waals surface area contributed by atoms with Gasteiger partial charge in [0.15, 0.2) is 5.03 Å². The molecule has 2 aromatic heterocycles. The van der Waals surface area contributed by atoms with Gasteiger partial charge in [-0.1, -0.05) is 36.4 Å². The summed E-state index contributed by atoms with van der Waals surface area (Å²) in [7, 11) is 0.777. The second kappa shape index (κ2) is 10.4. The minimum Gasteiger partial charge on any atom is -0.468 e. The molecule has 0 saturated carbocycles. The lowest BCUT2D eigenvalue weighted by molar-refractivity contribution is -0.141. The monoisotopic (exact) mass is 534 g/mol. The molecule has 0 spiro atoms. The molecule has 0 radical (unpaired) electrons. The van der Waals surface area contributed by atoms with Crippen LogP contribution in [-0.2, 0) is 46.6 Å². The summed E-state index contributed by atoms with van der Waals surface area (Å²) in [5.41, 5.74) is 4.97. The molecule has 1 unspecified atom stereocenters. The third kappa shape index (κ3) is 5.20. The number of carbonyl (C=O) groups excluding carboxylic acids is 1. The highest BCUT2D eigenvalue weighted by atomic mass is 32.2. The molecule has 3 heterocycles. The molecule has 0 aliphatic carbocycles. The van der Waals surface area contributed by atoms with Crippen LogP contribution < -0.4 is 4.90 Å². The Morgan fingerprint density at radius 1 is 1.03 bits per heavy atom. The second-order valence-electron chi connectivity index (χ2n) is 9.48. The minimum absolute atomic E-state index is 0.107. The van der Waals surface area contributed by atoms with E-state index in [1.165, 1.54) is 23.9 Å². The number of esters is 1. The summed E-state index contributed by atoms with van der Waals surface area (Å²) in [4.78, 5) is 23.1. The van der Waals surface area contributed by atoms with Crippen LogP contribution in [0.5, 0.6) is 0 Å².